The van der Waals surface area contributed by atoms with E-state index in [1.54, 1.807) is 0 Å². The number of unbranched alkanes of at least 4 members (excludes halogenated alkanes) is 5. The summed E-state index contributed by atoms with van der Waals surface area (Å²) in [5.74, 6) is 0.184. The molecule has 1 aromatic heterocycles. The van der Waals surface area contributed by atoms with Gasteiger partial charge in [0.25, 0.3) is 0 Å². The van der Waals surface area contributed by atoms with E-state index in [0.717, 1.165) is 18.5 Å². The van der Waals surface area contributed by atoms with Gasteiger partial charge in [-0.1, -0.05) is 45.1 Å². The molecule has 0 aromatic carbocycles. The number of carbonyl (C=O) groups excluding carboxylic acids is 1. The number of pyridine rings is 1. The number of ketones is 1. The molecular weight excluding hydrogens is 210 g/mol. The number of rotatable bonds is 8. The van der Waals surface area contributed by atoms with E-state index in [9.17, 15) is 4.79 Å². The first-order valence-corrected chi connectivity index (χ1v) is 6.71. The van der Waals surface area contributed by atoms with Crippen LogP contribution in [0.3, 0.4) is 0 Å². The fraction of sp³-hybridized carbons (Fsp3) is 0.600. The summed E-state index contributed by atoms with van der Waals surface area (Å²) in [5, 5.41) is 0. The molecule has 2 nitrogen and oxygen atoms in total. The molecule has 0 bridgehead atoms. The Morgan fingerprint density at radius 1 is 1.12 bits per heavy atom. The first kappa shape index (κ1) is 13.9. The summed E-state index contributed by atoms with van der Waals surface area (Å²) in [4.78, 5) is 16.1. The van der Waals surface area contributed by atoms with Crippen LogP contribution in [0.1, 0.15) is 68.1 Å². The molecule has 0 amide bonds. The third-order valence-electron chi connectivity index (χ3n) is 2.93. The maximum absolute atomic E-state index is 11.8. The molecule has 0 fully saturated rings. The van der Waals surface area contributed by atoms with Crippen molar-refractivity contribution in [1.82, 2.24) is 4.98 Å². The number of carbonyl (C=O) groups is 1. The Kier molecular flexibility index (Phi) is 6.53. The molecule has 0 radical (unpaired) electrons. The van der Waals surface area contributed by atoms with Crippen LogP contribution < -0.4 is 0 Å². The smallest absolute Gasteiger partial charge is 0.181 e. The van der Waals surface area contributed by atoms with Crippen molar-refractivity contribution in [2.45, 2.75) is 58.8 Å². The summed E-state index contributed by atoms with van der Waals surface area (Å²) >= 11 is 0. The highest BCUT2D eigenvalue weighted by Crippen LogP contribution is 2.10. The molecule has 0 saturated carbocycles. The molecule has 0 unspecified atom stereocenters. The number of aryl methyl sites for hydroxylation is 1. The van der Waals surface area contributed by atoms with Gasteiger partial charge in [0.1, 0.15) is 5.69 Å². The predicted molar refractivity (Wildman–Crippen MR) is 71.3 cm³/mol. The summed E-state index contributed by atoms with van der Waals surface area (Å²) in [7, 11) is 0. The van der Waals surface area contributed by atoms with E-state index in [0.29, 0.717) is 12.1 Å². The lowest BCUT2D eigenvalue weighted by Gasteiger charge is -2.02. The topological polar surface area (TPSA) is 30.0 Å². The van der Waals surface area contributed by atoms with Gasteiger partial charge in [-0.2, -0.15) is 0 Å². The van der Waals surface area contributed by atoms with Crippen LogP contribution in [0.25, 0.3) is 0 Å². The van der Waals surface area contributed by atoms with Gasteiger partial charge in [0.15, 0.2) is 5.78 Å². The van der Waals surface area contributed by atoms with Crippen LogP contribution in [0, 0.1) is 6.92 Å². The molecule has 17 heavy (non-hydrogen) atoms. The van der Waals surface area contributed by atoms with Crippen molar-refractivity contribution >= 4 is 5.78 Å². The predicted octanol–water partition coefficient (Wildman–Crippen LogP) is 4.32. The maximum atomic E-state index is 11.8. The molecule has 0 saturated heterocycles. The Balaban J connectivity index is 2.21. The second-order valence-corrected chi connectivity index (χ2v) is 4.61. The highest BCUT2D eigenvalue weighted by atomic mass is 16.1. The van der Waals surface area contributed by atoms with Crippen LogP contribution in [0.5, 0.6) is 0 Å². The van der Waals surface area contributed by atoms with E-state index < -0.39 is 0 Å². The summed E-state index contributed by atoms with van der Waals surface area (Å²) in [6, 6.07) is 5.63. The highest BCUT2D eigenvalue weighted by Gasteiger charge is 2.06. The lowest BCUT2D eigenvalue weighted by molar-refractivity contribution is 0.0974. The Morgan fingerprint density at radius 3 is 2.53 bits per heavy atom. The molecule has 0 aliphatic rings. The molecule has 1 aromatic rings. The SMILES string of the molecule is CCCCCCCCC(=O)c1cccc(C)n1. The van der Waals surface area contributed by atoms with Crippen molar-refractivity contribution in [2.24, 2.45) is 0 Å². The average molecular weight is 233 g/mol. The van der Waals surface area contributed by atoms with E-state index in [-0.39, 0.29) is 5.78 Å². The van der Waals surface area contributed by atoms with E-state index >= 15 is 0 Å². The van der Waals surface area contributed by atoms with E-state index in [4.69, 9.17) is 0 Å². The zero-order valence-corrected chi connectivity index (χ0v) is 11.0. The summed E-state index contributed by atoms with van der Waals surface area (Å²) in [5.41, 5.74) is 1.54. The van der Waals surface area contributed by atoms with Gasteiger partial charge in [0, 0.05) is 12.1 Å². The first-order chi connectivity index (χ1) is 8.24. The van der Waals surface area contributed by atoms with Gasteiger partial charge in [-0.25, -0.2) is 0 Å². The van der Waals surface area contributed by atoms with Gasteiger partial charge in [-0.05, 0) is 25.5 Å². The standard InChI is InChI=1S/C15H23NO/c1-3-4-5-6-7-8-12-15(17)14-11-9-10-13(2)16-14/h9-11H,3-8,12H2,1-2H3. The number of hydrogen-bond acceptors (Lipinski definition) is 2. The average Bonchev–Trinajstić information content (AvgIpc) is 2.33. The number of Topliss-reactive ketones (excluding diaryl/α,β-unsaturated/α-hetero) is 1. The van der Waals surface area contributed by atoms with E-state index in [1.165, 1.54) is 25.7 Å². The van der Waals surface area contributed by atoms with Crippen molar-refractivity contribution in [1.29, 1.82) is 0 Å². The minimum Gasteiger partial charge on any atom is -0.292 e. The lowest BCUT2D eigenvalue weighted by Crippen LogP contribution is -2.02. The van der Waals surface area contributed by atoms with Gasteiger partial charge >= 0.3 is 0 Å². The zero-order chi connectivity index (χ0) is 12.5. The van der Waals surface area contributed by atoms with Crippen LogP contribution in [0.4, 0.5) is 0 Å². The Hall–Kier alpha value is -1.18. The maximum Gasteiger partial charge on any atom is 0.181 e. The molecule has 94 valence electrons. The first-order valence-electron chi connectivity index (χ1n) is 6.71. The normalized spacial score (nSPS) is 10.5. The summed E-state index contributed by atoms with van der Waals surface area (Å²) in [6.07, 6.45) is 7.94. The molecule has 0 atom stereocenters. The monoisotopic (exact) mass is 233 g/mol. The van der Waals surface area contributed by atoms with Crippen LogP contribution in [-0.2, 0) is 0 Å². The molecule has 0 N–H and O–H groups in total. The number of aromatic nitrogens is 1. The second kappa shape index (κ2) is 7.99. The number of hydrogen-bond donors (Lipinski definition) is 0. The fourth-order valence-electron chi connectivity index (χ4n) is 1.89. The molecule has 2 heteroatoms. The van der Waals surface area contributed by atoms with Gasteiger partial charge in [0.2, 0.25) is 0 Å². The van der Waals surface area contributed by atoms with E-state index in [1.807, 2.05) is 25.1 Å². The zero-order valence-electron chi connectivity index (χ0n) is 11.0. The largest absolute Gasteiger partial charge is 0.292 e. The third-order valence-corrected chi connectivity index (χ3v) is 2.93. The van der Waals surface area contributed by atoms with Crippen molar-refractivity contribution in [2.75, 3.05) is 0 Å². The molecule has 1 rings (SSSR count). The van der Waals surface area contributed by atoms with Crippen LogP contribution >= 0.6 is 0 Å². The van der Waals surface area contributed by atoms with E-state index in [2.05, 4.69) is 11.9 Å². The van der Waals surface area contributed by atoms with Crippen molar-refractivity contribution < 1.29 is 4.79 Å². The quantitative estimate of drug-likeness (QED) is 0.494. The molecular formula is C15H23NO. The molecule has 1 heterocycles. The Bertz CT molecular complexity index is 347. The number of nitrogens with zero attached hydrogens (tertiary/aromatic N) is 1. The lowest BCUT2D eigenvalue weighted by atomic mass is 10.1. The van der Waals surface area contributed by atoms with Crippen LogP contribution in [-0.4, -0.2) is 10.8 Å². The molecule has 0 aliphatic carbocycles. The Labute approximate surface area is 104 Å². The van der Waals surface area contributed by atoms with Crippen LogP contribution in [0.2, 0.25) is 0 Å². The fourth-order valence-corrected chi connectivity index (χ4v) is 1.89. The van der Waals surface area contributed by atoms with Gasteiger partial charge in [0.05, 0.1) is 0 Å². The Morgan fingerprint density at radius 2 is 1.82 bits per heavy atom. The highest BCUT2D eigenvalue weighted by molar-refractivity contribution is 5.94. The summed E-state index contributed by atoms with van der Waals surface area (Å²) < 4.78 is 0. The summed E-state index contributed by atoms with van der Waals surface area (Å²) in [6.45, 7) is 4.13. The minimum absolute atomic E-state index is 0.184. The third kappa shape index (κ3) is 5.62. The second-order valence-electron chi connectivity index (χ2n) is 4.61. The molecule has 0 spiro atoms. The van der Waals surface area contributed by atoms with Gasteiger partial charge in [-0.15, -0.1) is 0 Å². The van der Waals surface area contributed by atoms with Gasteiger partial charge in [-0.3, -0.25) is 9.78 Å². The minimum atomic E-state index is 0.184. The van der Waals surface area contributed by atoms with Crippen molar-refractivity contribution in [3.63, 3.8) is 0 Å². The van der Waals surface area contributed by atoms with Gasteiger partial charge < -0.3 is 0 Å². The van der Waals surface area contributed by atoms with Crippen molar-refractivity contribution in [3.8, 4) is 0 Å². The van der Waals surface area contributed by atoms with Crippen molar-refractivity contribution in [3.05, 3.63) is 29.6 Å². The van der Waals surface area contributed by atoms with Crippen LogP contribution in [0.15, 0.2) is 18.2 Å². The molecule has 0 aliphatic heterocycles.